The van der Waals surface area contributed by atoms with Crippen molar-refractivity contribution in [2.75, 3.05) is 0 Å². The molecule has 2 fully saturated rings. The molecule has 15 heavy (non-hydrogen) atoms. The zero-order chi connectivity index (χ0) is 10.2. The molecule has 0 N–H and O–H groups in total. The van der Waals surface area contributed by atoms with E-state index in [2.05, 4.69) is 13.8 Å². The van der Waals surface area contributed by atoms with Gasteiger partial charge in [-0.2, -0.15) is 0 Å². The molecule has 0 aromatic carbocycles. The predicted molar refractivity (Wildman–Crippen MR) is 73.0 cm³/mol. The Morgan fingerprint density at radius 1 is 0.533 bits per heavy atom. The molecule has 2 rings (SSSR count). The van der Waals surface area contributed by atoms with Crippen LogP contribution in [0.25, 0.3) is 0 Å². The van der Waals surface area contributed by atoms with Crippen LogP contribution < -0.4 is 0 Å². The van der Waals surface area contributed by atoms with E-state index in [4.69, 9.17) is 0 Å². The fourth-order valence-corrected chi connectivity index (χ4v) is 2.61. The van der Waals surface area contributed by atoms with Crippen LogP contribution in [-0.2, 0) is 0 Å². The molecule has 0 spiro atoms. The molecule has 0 unspecified atom stereocenters. The van der Waals surface area contributed by atoms with Gasteiger partial charge in [-0.1, -0.05) is 78.1 Å². The van der Waals surface area contributed by atoms with E-state index in [0.29, 0.717) is 0 Å². The van der Waals surface area contributed by atoms with Gasteiger partial charge in [0.15, 0.2) is 0 Å². The Kier molecular flexibility index (Phi) is 10.7. The van der Waals surface area contributed by atoms with Crippen LogP contribution in [0.15, 0.2) is 0 Å². The van der Waals surface area contributed by atoms with Crippen LogP contribution in [0.3, 0.4) is 0 Å². The van der Waals surface area contributed by atoms with Crippen LogP contribution >= 0.6 is 0 Å². The van der Waals surface area contributed by atoms with Crippen LogP contribution in [0.2, 0.25) is 0 Å². The average molecular weight is 406 g/mol. The molecule has 0 heterocycles. The maximum atomic E-state index is 2.36. The Hall–Kier alpha value is 0.922. The Labute approximate surface area is 117 Å². The molecule has 90 valence electrons. The van der Waals surface area contributed by atoms with Crippen LogP contribution in [0.4, 0.5) is 0 Å². The van der Waals surface area contributed by atoms with E-state index in [1.54, 1.807) is 0 Å². The van der Waals surface area contributed by atoms with Gasteiger partial charge >= 0.3 is 27.3 Å². The molecule has 0 atom stereocenters. The van der Waals surface area contributed by atoms with Crippen molar-refractivity contribution in [3.05, 3.63) is 0 Å². The summed E-state index contributed by atoms with van der Waals surface area (Å²) in [6.07, 6.45) is 14.9. The SMILES string of the molecule is CC1CCCCC1.CC1CCCCC1.[PbH2]. The first-order valence-electron chi connectivity index (χ1n) is 6.79. The van der Waals surface area contributed by atoms with Crippen molar-refractivity contribution in [1.29, 1.82) is 0 Å². The summed E-state index contributed by atoms with van der Waals surface area (Å²) < 4.78 is 0. The second-order valence-electron chi connectivity index (χ2n) is 5.49. The predicted octanol–water partition coefficient (Wildman–Crippen LogP) is 4.26. The van der Waals surface area contributed by atoms with Gasteiger partial charge in [-0.3, -0.25) is 0 Å². The molecule has 2 radical (unpaired) electrons. The van der Waals surface area contributed by atoms with E-state index in [1.165, 1.54) is 64.2 Å². The minimum absolute atomic E-state index is 0. The average Bonchev–Trinajstić information content (AvgIpc) is 2.21. The van der Waals surface area contributed by atoms with Gasteiger partial charge in [0.1, 0.15) is 0 Å². The zero-order valence-corrected chi connectivity index (χ0v) is 16.4. The van der Waals surface area contributed by atoms with Crippen molar-refractivity contribution in [3.8, 4) is 0 Å². The molecule has 0 aromatic rings. The van der Waals surface area contributed by atoms with Crippen molar-refractivity contribution >= 4 is 27.3 Å². The van der Waals surface area contributed by atoms with Crippen molar-refractivity contribution in [3.63, 3.8) is 0 Å². The summed E-state index contributed by atoms with van der Waals surface area (Å²) in [4.78, 5) is 0. The summed E-state index contributed by atoms with van der Waals surface area (Å²) >= 11 is 0. The summed E-state index contributed by atoms with van der Waals surface area (Å²) in [5.41, 5.74) is 0. The Morgan fingerprint density at radius 3 is 0.933 bits per heavy atom. The third kappa shape index (κ3) is 8.70. The summed E-state index contributed by atoms with van der Waals surface area (Å²) in [5, 5.41) is 0. The third-order valence-electron chi connectivity index (χ3n) is 3.79. The van der Waals surface area contributed by atoms with Gasteiger partial charge in [-0.25, -0.2) is 0 Å². The molecule has 2 aliphatic carbocycles. The van der Waals surface area contributed by atoms with E-state index in [9.17, 15) is 0 Å². The first-order chi connectivity index (χ1) is 6.79. The Morgan fingerprint density at radius 2 is 0.800 bits per heavy atom. The molecule has 2 aliphatic rings. The Balaban J connectivity index is 0.000000245. The topological polar surface area (TPSA) is 0 Å². The summed E-state index contributed by atoms with van der Waals surface area (Å²) in [5.74, 6) is 2.07. The molecule has 0 amide bonds. The quantitative estimate of drug-likeness (QED) is 0.529. The van der Waals surface area contributed by atoms with Gasteiger partial charge in [0.05, 0.1) is 0 Å². The fourth-order valence-electron chi connectivity index (χ4n) is 2.61. The second kappa shape index (κ2) is 10.1. The monoisotopic (exact) mass is 406 g/mol. The summed E-state index contributed by atoms with van der Waals surface area (Å²) in [6.45, 7) is 4.72. The van der Waals surface area contributed by atoms with Gasteiger partial charge in [0, 0.05) is 0 Å². The fraction of sp³-hybridized carbons (Fsp3) is 1.00. The van der Waals surface area contributed by atoms with Crippen LogP contribution in [-0.4, -0.2) is 27.3 Å². The van der Waals surface area contributed by atoms with Crippen LogP contribution in [0.5, 0.6) is 0 Å². The van der Waals surface area contributed by atoms with E-state index in [0.717, 1.165) is 11.8 Å². The molecular weight excluding hydrogens is 375 g/mol. The van der Waals surface area contributed by atoms with Gasteiger partial charge < -0.3 is 0 Å². The van der Waals surface area contributed by atoms with E-state index in [-0.39, 0.29) is 27.3 Å². The van der Waals surface area contributed by atoms with E-state index < -0.39 is 0 Å². The molecular formula is C14H30Pb. The minimum atomic E-state index is 0. The zero-order valence-electron chi connectivity index (χ0n) is 10.9. The third-order valence-corrected chi connectivity index (χ3v) is 3.79. The molecule has 1 heteroatoms. The summed E-state index contributed by atoms with van der Waals surface area (Å²) in [6, 6.07) is 0. The van der Waals surface area contributed by atoms with Crippen molar-refractivity contribution < 1.29 is 0 Å². The van der Waals surface area contributed by atoms with Crippen molar-refractivity contribution in [2.45, 2.75) is 78.1 Å². The van der Waals surface area contributed by atoms with Gasteiger partial charge in [-0.15, -0.1) is 0 Å². The van der Waals surface area contributed by atoms with Crippen molar-refractivity contribution in [1.82, 2.24) is 0 Å². The van der Waals surface area contributed by atoms with Crippen LogP contribution in [0, 0.1) is 11.8 Å². The number of hydrogen-bond donors (Lipinski definition) is 0. The molecule has 0 aliphatic heterocycles. The van der Waals surface area contributed by atoms with Crippen LogP contribution in [0.1, 0.15) is 78.1 Å². The number of hydrogen-bond acceptors (Lipinski definition) is 0. The standard InChI is InChI=1S/2C7H14.Pb.2H/c2*1-7-5-3-2-4-6-7;;;/h2*7H,2-6H2,1H3;;;. The number of rotatable bonds is 0. The molecule has 0 aromatic heterocycles. The normalized spacial score (nSPS) is 23.6. The Bertz CT molecular complexity index is 105. The molecule has 2 saturated carbocycles. The molecule has 0 saturated heterocycles. The van der Waals surface area contributed by atoms with Crippen molar-refractivity contribution in [2.24, 2.45) is 11.8 Å². The molecule has 0 bridgehead atoms. The van der Waals surface area contributed by atoms with E-state index >= 15 is 0 Å². The first-order valence-corrected chi connectivity index (χ1v) is 6.79. The van der Waals surface area contributed by atoms with Gasteiger partial charge in [0.2, 0.25) is 0 Å². The van der Waals surface area contributed by atoms with E-state index in [1.807, 2.05) is 0 Å². The molecule has 0 nitrogen and oxygen atoms in total. The maximum absolute atomic E-state index is 2.36. The summed E-state index contributed by atoms with van der Waals surface area (Å²) in [7, 11) is 0. The second-order valence-corrected chi connectivity index (χ2v) is 5.49. The van der Waals surface area contributed by atoms with Gasteiger partial charge in [-0.05, 0) is 11.8 Å². The first kappa shape index (κ1) is 15.9. The van der Waals surface area contributed by atoms with Gasteiger partial charge in [0.25, 0.3) is 0 Å².